The molecule has 2 aromatic rings. The lowest BCUT2D eigenvalue weighted by Crippen LogP contribution is -1.99. The van der Waals surface area contributed by atoms with Crippen molar-refractivity contribution in [3.05, 3.63) is 45.0 Å². The van der Waals surface area contributed by atoms with Crippen molar-refractivity contribution in [2.75, 3.05) is 0 Å². The molecule has 1 aromatic carbocycles. The molecular weight excluding hydrogens is 300 g/mol. The number of benzene rings is 1. The zero-order chi connectivity index (χ0) is 14.7. The minimum absolute atomic E-state index is 0.0670. The second-order valence-corrected chi connectivity index (χ2v) is 6.16. The van der Waals surface area contributed by atoms with Crippen LogP contribution in [0.4, 0.5) is 5.69 Å². The van der Waals surface area contributed by atoms with Crippen LogP contribution in [0.1, 0.15) is 11.3 Å². The number of aromatic nitrogens is 1. The number of nitro groups is 1. The Kier molecular flexibility index (Phi) is 4.35. The van der Waals surface area contributed by atoms with Crippen molar-refractivity contribution in [1.29, 1.82) is 0 Å². The normalized spacial score (nSPS) is 10.4. The predicted molar refractivity (Wildman–Crippen MR) is 75.4 cm³/mol. The number of nitrogens with zero attached hydrogens (tertiary/aromatic N) is 2. The third-order valence-electron chi connectivity index (χ3n) is 2.45. The van der Waals surface area contributed by atoms with Crippen LogP contribution in [0.3, 0.4) is 0 Å². The molecular formula is C12H10N2O4S2. The number of hydrogen-bond acceptors (Lipinski definition) is 6. The van der Waals surface area contributed by atoms with Gasteiger partial charge in [0.15, 0.2) is 4.34 Å². The van der Waals surface area contributed by atoms with E-state index >= 15 is 0 Å². The topological polar surface area (TPSA) is 93.3 Å². The Balaban J connectivity index is 2.17. The molecule has 0 bridgehead atoms. The molecule has 0 spiro atoms. The Morgan fingerprint density at radius 3 is 2.95 bits per heavy atom. The second kappa shape index (κ2) is 6.02. The first kappa shape index (κ1) is 14.5. The molecule has 0 fully saturated rings. The molecule has 0 aliphatic rings. The average molecular weight is 310 g/mol. The number of rotatable bonds is 5. The average Bonchev–Trinajstić information content (AvgIpc) is 2.77. The SMILES string of the molecule is Cc1ccc(Sc2nc(CC(=O)O)cs2)cc1[N+](=O)[O-]. The summed E-state index contributed by atoms with van der Waals surface area (Å²) in [4.78, 5) is 25.9. The van der Waals surface area contributed by atoms with E-state index in [2.05, 4.69) is 4.98 Å². The van der Waals surface area contributed by atoms with E-state index in [1.165, 1.54) is 29.2 Å². The van der Waals surface area contributed by atoms with Crippen LogP contribution in [0.5, 0.6) is 0 Å². The second-order valence-electron chi connectivity index (χ2n) is 3.98. The summed E-state index contributed by atoms with van der Waals surface area (Å²) in [6, 6.07) is 4.97. The summed E-state index contributed by atoms with van der Waals surface area (Å²) in [6.45, 7) is 1.68. The van der Waals surface area contributed by atoms with Gasteiger partial charge in [0.05, 0.1) is 17.0 Å². The van der Waals surface area contributed by atoms with E-state index in [-0.39, 0.29) is 12.1 Å². The highest BCUT2D eigenvalue weighted by Crippen LogP contribution is 2.33. The lowest BCUT2D eigenvalue weighted by atomic mass is 10.2. The standard InChI is InChI=1S/C12H10N2O4S2/c1-7-2-3-9(5-10(7)14(17)18)20-12-13-8(6-19-12)4-11(15)16/h2-3,5-6H,4H2,1H3,(H,15,16). The summed E-state index contributed by atoms with van der Waals surface area (Å²) in [5, 5.41) is 21.2. The van der Waals surface area contributed by atoms with Crippen molar-refractivity contribution in [3.8, 4) is 0 Å². The van der Waals surface area contributed by atoms with Gasteiger partial charge in [-0.1, -0.05) is 17.8 Å². The van der Waals surface area contributed by atoms with Crippen LogP contribution in [0.15, 0.2) is 32.8 Å². The molecule has 0 aliphatic heterocycles. The van der Waals surface area contributed by atoms with E-state index in [1.807, 2.05) is 0 Å². The molecule has 6 nitrogen and oxygen atoms in total. The van der Waals surface area contributed by atoms with Crippen LogP contribution >= 0.6 is 23.1 Å². The summed E-state index contributed by atoms with van der Waals surface area (Å²) < 4.78 is 0.666. The van der Waals surface area contributed by atoms with Gasteiger partial charge in [-0.2, -0.15) is 0 Å². The number of nitro benzene ring substituents is 1. The van der Waals surface area contributed by atoms with Gasteiger partial charge < -0.3 is 5.11 Å². The van der Waals surface area contributed by atoms with E-state index < -0.39 is 10.9 Å². The number of aryl methyl sites for hydroxylation is 1. The fourth-order valence-electron chi connectivity index (χ4n) is 1.52. The molecule has 0 atom stereocenters. The Labute approximate surface area is 122 Å². The first-order valence-corrected chi connectivity index (χ1v) is 7.24. The van der Waals surface area contributed by atoms with Crippen LogP contribution in [-0.4, -0.2) is 21.0 Å². The number of aliphatic carboxylic acids is 1. The van der Waals surface area contributed by atoms with Gasteiger partial charge in [-0.15, -0.1) is 11.3 Å². The number of carboxylic acid groups (broad SMARTS) is 1. The third-order valence-corrected chi connectivity index (χ3v) is 4.42. The summed E-state index contributed by atoms with van der Waals surface area (Å²) in [6.07, 6.45) is -0.120. The van der Waals surface area contributed by atoms with Gasteiger partial charge in [-0.3, -0.25) is 14.9 Å². The Hall–Kier alpha value is -1.93. The maximum absolute atomic E-state index is 10.9. The Morgan fingerprint density at radius 1 is 1.55 bits per heavy atom. The molecule has 104 valence electrons. The molecule has 0 unspecified atom stereocenters. The van der Waals surface area contributed by atoms with Gasteiger partial charge in [-0.25, -0.2) is 4.98 Å². The quantitative estimate of drug-likeness (QED) is 0.673. The van der Waals surface area contributed by atoms with Crippen LogP contribution in [-0.2, 0) is 11.2 Å². The summed E-state index contributed by atoms with van der Waals surface area (Å²) in [5.41, 5.74) is 1.16. The largest absolute Gasteiger partial charge is 0.481 e. The highest BCUT2D eigenvalue weighted by Gasteiger charge is 2.13. The lowest BCUT2D eigenvalue weighted by molar-refractivity contribution is -0.385. The van der Waals surface area contributed by atoms with Crippen LogP contribution < -0.4 is 0 Å². The number of carboxylic acids is 1. The number of carbonyl (C=O) groups is 1. The molecule has 1 N–H and O–H groups in total. The molecule has 0 amide bonds. The maximum atomic E-state index is 10.9. The number of hydrogen-bond donors (Lipinski definition) is 1. The van der Waals surface area contributed by atoms with Crippen LogP contribution in [0.25, 0.3) is 0 Å². The predicted octanol–water partition coefficient (Wildman–Crippen LogP) is 3.14. The van der Waals surface area contributed by atoms with E-state index in [0.717, 1.165) is 0 Å². The van der Waals surface area contributed by atoms with Gasteiger partial charge >= 0.3 is 5.97 Å². The smallest absolute Gasteiger partial charge is 0.309 e. The Bertz CT molecular complexity index is 669. The van der Waals surface area contributed by atoms with E-state index in [0.29, 0.717) is 20.5 Å². The highest BCUT2D eigenvalue weighted by atomic mass is 32.2. The molecule has 0 radical (unpaired) electrons. The van der Waals surface area contributed by atoms with Crippen molar-refractivity contribution in [3.63, 3.8) is 0 Å². The highest BCUT2D eigenvalue weighted by molar-refractivity contribution is 8.01. The van der Waals surface area contributed by atoms with Crippen molar-refractivity contribution < 1.29 is 14.8 Å². The fraction of sp³-hybridized carbons (Fsp3) is 0.167. The van der Waals surface area contributed by atoms with E-state index in [9.17, 15) is 14.9 Å². The summed E-state index contributed by atoms with van der Waals surface area (Å²) in [7, 11) is 0. The van der Waals surface area contributed by atoms with Crippen molar-refractivity contribution in [2.45, 2.75) is 22.6 Å². The summed E-state index contributed by atoms with van der Waals surface area (Å²) >= 11 is 2.61. The molecule has 0 saturated carbocycles. The molecule has 1 heterocycles. The summed E-state index contributed by atoms with van der Waals surface area (Å²) in [5.74, 6) is -0.933. The maximum Gasteiger partial charge on any atom is 0.309 e. The van der Waals surface area contributed by atoms with Gasteiger partial charge in [-0.05, 0) is 13.0 Å². The zero-order valence-corrected chi connectivity index (χ0v) is 12.0. The van der Waals surface area contributed by atoms with Gasteiger partial charge in [0.25, 0.3) is 5.69 Å². The van der Waals surface area contributed by atoms with E-state index in [4.69, 9.17) is 5.11 Å². The van der Waals surface area contributed by atoms with Gasteiger partial charge in [0.2, 0.25) is 0 Å². The van der Waals surface area contributed by atoms with E-state index in [1.54, 1.807) is 24.4 Å². The van der Waals surface area contributed by atoms with Gasteiger partial charge in [0.1, 0.15) is 0 Å². The fourth-order valence-corrected chi connectivity index (χ4v) is 3.36. The van der Waals surface area contributed by atoms with Crippen LogP contribution in [0, 0.1) is 17.0 Å². The molecule has 1 aromatic heterocycles. The Morgan fingerprint density at radius 2 is 2.30 bits per heavy atom. The molecule has 0 saturated heterocycles. The molecule has 0 aliphatic carbocycles. The third kappa shape index (κ3) is 3.55. The number of thiazole rings is 1. The first-order chi connectivity index (χ1) is 9.45. The minimum atomic E-state index is -0.933. The lowest BCUT2D eigenvalue weighted by Gasteiger charge is -2.00. The molecule has 20 heavy (non-hydrogen) atoms. The molecule has 8 heteroatoms. The molecule has 2 rings (SSSR count). The van der Waals surface area contributed by atoms with Crippen molar-refractivity contribution >= 4 is 34.8 Å². The monoisotopic (exact) mass is 310 g/mol. The minimum Gasteiger partial charge on any atom is -0.481 e. The first-order valence-electron chi connectivity index (χ1n) is 5.55. The zero-order valence-electron chi connectivity index (χ0n) is 10.4. The van der Waals surface area contributed by atoms with Crippen molar-refractivity contribution in [1.82, 2.24) is 4.98 Å². The van der Waals surface area contributed by atoms with Gasteiger partial charge in [0, 0.05) is 21.9 Å². The van der Waals surface area contributed by atoms with Crippen molar-refractivity contribution in [2.24, 2.45) is 0 Å². The van der Waals surface area contributed by atoms with Crippen LogP contribution in [0.2, 0.25) is 0 Å².